The molecule has 0 saturated carbocycles. The molecule has 2 heterocycles. The van der Waals surface area contributed by atoms with Crippen LogP contribution in [0.5, 0.6) is 17.2 Å². The predicted molar refractivity (Wildman–Crippen MR) is 114 cm³/mol. The highest BCUT2D eigenvalue weighted by Crippen LogP contribution is 2.54. The Morgan fingerprint density at radius 3 is 1.90 bits per heavy atom. The third-order valence-corrected chi connectivity index (χ3v) is 6.58. The van der Waals surface area contributed by atoms with Gasteiger partial charge in [-0.15, -0.1) is 0 Å². The molecule has 0 fully saturated rings. The largest absolute Gasteiger partial charge is 0.496 e. The summed E-state index contributed by atoms with van der Waals surface area (Å²) in [5, 5.41) is 9.70. The molecule has 2 aromatic rings. The van der Waals surface area contributed by atoms with E-state index in [2.05, 4.69) is 52.0 Å². The summed E-state index contributed by atoms with van der Waals surface area (Å²) in [7, 11) is 1.71. The first-order valence-corrected chi connectivity index (χ1v) is 10.3. The van der Waals surface area contributed by atoms with Gasteiger partial charge in [0, 0.05) is 34.8 Å². The van der Waals surface area contributed by atoms with Crippen LogP contribution < -0.4 is 14.2 Å². The van der Waals surface area contributed by atoms with Crippen molar-refractivity contribution in [2.75, 3.05) is 7.11 Å². The Kier molecular flexibility index (Phi) is 4.43. The maximum atomic E-state index is 9.70. The average molecular weight is 397 g/mol. The molecule has 1 spiro atoms. The quantitative estimate of drug-likeness (QED) is 0.746. The Bertz CT molecular complexity index is 892. The number of aryl methyl sites for hydroxylation is 2. The first kappa shape index (κ1) is 20.1. The Balaban J connectivity index is 1.82. The van der Waals surface area contributed by atoms with Crippen molar-refractivity contribution in [1.82, 2.24) is 0 Å². The molecule has 4 nitrogen and oxygen atoms in total. The van der Waals surface area contributed by atoms with E-state index in [0.717, 1.165) is 57.9 Å². The summed E-state index contributed by atoms with van der Waals surface area (Å²) in [5.41, 5.74) is 5.07. The molecule has 0 bridgehead atoms. The van der Waals surface area contributed by atoms with Gasteiger partial charge in [-0.3, -0.25) is 0 Å². The van der Waals surface area contributed by atoms with Crippen LogP contribution in [0.2, 0.25) is 0 Å². The Labute approximate surface area is 173 Å². The number of fused-ring (bicyclic) bond motifs is 2. The van der Waals surface area contributed by atoms with E-state index in [0.29, 0.717) is 0 Å². The number of hydrogen-bond donors (Lipinski definition) is 1. The van der Waals surface area contributed by atoms with Crippen molar-refractivity contribution in [3.05, 3.63) is 52.1 Å². The smallest absolute Gasteiger partial charge is 0.252 e. The van der Waals surface area contributed by atoms with Crippen LogP contribution in [0.15, 0.2) is 24.3 Å². The minimum atomic E-state index is -0.721. The van der Waals surface area contributed by atoms with Gasteiger partial charge in [-0.1, -0.05) is 27.7 Å². The zero-order valence-electron chi connectivity index (χ0n) is 18.6. The molecule has 0 saturated heterocycles. The van der Waals surface area contributed by atoms with Crippen LogP contribution >= 0.6 is 0 Å². The van der Waals surface area contributed by atoms with Gasteiger partial charge < -0.3 is 19.3 Å². The van der Waals surface area contributed by atoms with Gasteiger partial charge in [-0.25, -0.2) is 0 Å². The standard InChI is InChI=1S/C25H32O4/c1-15-8-21-18(10-17(15)12-26)23(3,4)13-25(28-21)14-24(5,6)19-11-20(27-7)16(2)9-22(19)29-25/h8-11,26H,12-14H2,1-7H3. The predicted octanol–water partition coefficient (Wildman–Crippen LogP) is 5.32. The summed E-state index contributed by atoms with van der Waals surface area (Å²) < 4.78 is 18.8. The third-order valence-electron chi connectivity index (χ3n) is 6.58. The van der Waals surface area contributed by atoms with Crippen LogP contribution in [0.25, 0.3) is 0 Å². The summed E-state index contributed by atoms with van der Waals surface area (Å²) in [6.45, 7) is 13.1. The van der Waals surface area contributed by atoms with Gasteiger partial charge in [0.05, 0.1) is 13.7 Å². The molecule has 2 aliphatic heterocycles. The monoisotopic (exact) mass is 396 g/mol. The lowest BCUT2D eigenvalue weighted by Crippen LogP contribution is -2.55. The summed E-state index contributed by atoms with van der Waals surface area (Å²) in [6, 6.07) is 8.32. The lowest BCUT2D eigenvalue weighted by atomic mass is 9.69. The molecule has 1 unspecified atom stereocenters. The minimum Gasteiger partial charge on any atom is -0.496 e. The van der Waals surface area contributed by atoms with Gasteiger partial charge in [-0.2, -0.15) is 0 Å². The van der Waals surface area contributed by atoms with Gasteiger partial charge in [0.2, 0.25) is 0 Å². The number of rotatable bonds is 2. The van der Waals surface area contributed by atoms with Crippen LogP contribution in [0.4, 0.5) is 0 Å². The topological polar surface area (TPSA) is 47.9 Å². The van der Waals surface area contributed by atoms with Crippen LogP contribution in [0.1, 0.15) is 68.4 Å². The molecule has 0 amide bonds. The molecule has 29 heavy (non-hydrogen) atoms. The summed E-state index contributed by atoms with van der Waals surface area (Å²) in [4.78, 5) is 0. The fraction of sp³-hybridized carbons (Fsp3) is 0.520. The highest BCUT2D eigenvalue weighted by molar-refractivity contribution is 5.52. The highest BCUT2D eigenvalue weighted by Gasteiger charge is 2.53. The van der Waals surface area contributed by atoms with Gasteiger partial charge in [0.25, 0.3) is 5.79 Å². The van der Waals surface area contributed by atoms with Gasteiger partial charge in [-0.05, 0) is 54.8 Å². The molecular formula is C25H32O4. The van der Waals surface area contributed by atoms with Crippen LogP contribution in [-0.4, -0.2) is 18.0 Å². The lowest BCUT2D eigenvalue weighted by molar-refractivity contribution is -0.166. The maximum absolute atomic E-state index is 9.70. The molecule has 156 valence electrons. The second kappa shape index (κ2) is 6.40. The zero-order valence-corrected chi connectivity index (χ0v) is 18.6. The number of aliphatic hydroxyl groups is 1. The summed E-state index contributed by atoms with van der Waals surface area (Å²) in [6.07, 6.45) is 1.50. The van der Waals surface area contributed by atoms with Gasteiger partial charge in [0.15, 0.2) is 0 Å². The molecule has 0 radical (unpaired) electrons. The van der Waals surface area contributed by atoms with E-state index in [4.69, 9.17) is 14.2 Å². The number of methoxy groups -OCH3 is 1. The van der Waals surface area contributed by atoms with Gasteiger partial charge in [0.1, 0.15) is 17.2 Å². The molecule has 0 aliphatic carbocycles. The number of aliphatic hydroxyl groups excluding tert-OH is 1. The van der Waals surface area contributed by atoms with Crippen LogP contribution in [0, 0.1) is 13.8 Å². The van der Waals surface area contributed by atoms with Crippen molar-refractivity contribution < 1.29 is 19.3 Å². The van der Waals surface area contributed by atoms with Crippen molar-refractivity contribution in [1.29, 1.82) is 0 Å². The zero-order chi connectivity index (χ0) is 21.2. The second-order valence-electron chi connectivity index (χ2n) is 9.99. The van der Waals surface area contributed by atoms with Crippen molar-refractivity contribution in [3.8, 4) is 17.2 Å². The fourth-order valence-corrected chi connectivity index (χ4v) is 5.17. The van der Waals surface area contributed by atoms with Crippen molar-refractivity contribution in [3.63, 3.8) is 0 Å². The number of hydrogen-bond acceptors (Lipinski definition) is 4. The van der Waals surface area contributed by atoms with Crippen molar-refractivity contribution in [2.24, 2.45) is 0 Å². The first-order valence-electron chi connectivity index (χ1n) is 10.3. The van der Waals surface area contributed by atoms with Gasteiger partial charge >= 0.3 is 0 Å². The van der Waals surface area contributed by atoms with E-state index >= 15 is 0 Å². The molecule has 1 atom stereocenters. The molecule has 1 N–H and O–H groups in total. The molecular weight excluding hydrogens is 364 g/mol. The second-order valence-corrected chi connectivity index (χ2v) is 9.99. The molecule has 2 aliphatic rings. The van der Waals surface area contributed by atoms with Crippen molar-refractivity contribution >= 4 is 0 Å². The highest BCUT2D eigenvalue weighted by atomic mass is 16.7. The van der Waals surface area contributed by atoms with E-state index < -0.39 is 5.79 Å². The molecule has 0 aromatic heterocycles. The first-order chi connectivity index (χ1) is 13.5. The van der Waals surface area contributed by atoms with Crippen LogP contribution in [-0.2, 0) is 17.4 Å². The van der Waals surface area contributed by atoms with E-state index in [1.807, 2.05) is 13.8 Å². The van der Waals surface area contributed by atoms with E-state index in [9.17, 15) is 5.11 Å². The van der Waals surface area contributed by atoms with E-state index in [1.165, 1.54) is 0 Å². The van der Waals surface area contributed by atoms with Crippen LogP contribution in [0.3, 0.4) is 0 Å². The number of benzene rings is 2. The fourth-order valence-electron chi connectivity index (χ4n) is 5.17. The van der Waals surface area contributed by atoms with Crippen molar-refractivity contribution in [2.45, 2.75) is 77.6 Å². The maximum Gasteiger partial charge on any atom is 0.252 e. The average Bonchev–Trinajstić information content (AvgIpc) is 2.59. The number of ether oxygens (including phenoxy) is 3. The third kappa shape index (κ3) is 3.18. The molecule has 2 aromatic carbocycles. The SMILES string of the molecule is COc1cc2c(cc1C)OC1(CC(C)(C)c3cc(CO)c(C)cc3O1)CC2(C)C. The summed E-state index contributed by atoms with van der Waals surface area (Å²) >= 11 is 0. The Morgan fingerprint density at radius 1 is 0.862 bits per heavy atom. The summed E-state index contributed by atoms with van der Waals surface area (Å²) in [5.74, 6) is 1.91. The van der Waals surface area contributed by atoms with E-state index in [-0.39, 0.29) is 17.4 Å². The normalized spacial score (nSPS) is 23.6. The van der Waals surface area contributed by atoms with E-state index in [1.54, 1.807) is 7.11 Å². The lowest BCUT2D eigenvalue weighted by Gasteiger charge is -2.51. The Hall–Kier alpha value is -2.20. The Morgan fingerprint density at radius 2 is 1.38 bits per heavy atom. The molecule has 4 heteroatoms. The minimum absolute atomic E-state index is 0.0400. The molecule has 4 rings (SSSR count).